The van der Waals surface area contributed by atoms with Gasteiger partial charge in [-0.3, -0.25) is 0 Å². The number of pyridine rings is 1. The number of aryl methyl sites for hydroxylation is 1. The summed E-state index contributed by atoms with van der Waals surface area (Å²) in [5.41, 5.74) is 3.05. The number of para-hydroxylation sites is 1. The van der Waals surface area contributed by atoms with Gasteiger partial charge in [-0.1, -0.05) is 18.2 Å². The van der Waals surface area contributed by atoms with Gasteiger partial charge in [-0.05, 0) is 51.1 Å². The van der Waals surface area contributed by atoms with Gasteiger partial charge in [-0.15, -0.1) is 0 Å². The van der Waals surface area contributed by atoms with Crippen molar-refractivity contribution < 1.29 is 32.8 Å². The molecule has 2 aliphatic heterocycles. The number of hydrogen-bond donors (Lipinski definition) is 3. The number of anilines is 1. The quantitative estimate of drug-likeness (QED) is 0.390. The van der Waals surface area contributed by atoms with E-state index in [2.05, 4.69) is 4.98 Å². The van der Waals surface area contributed by atoms with Crippen LogP contribution in [-0.2, 0) is 10.2 Å². The monoisotopic (exact) mass is 539 g/mol. The van der Waals surface area contributed by atoms with E-state index in [0.29, 0.717) is 37.0 Å². The maximum atomic E-state index is 12.1. The van der Waals surface area contributed by atoms with Crippen LogP contribution in [0.3, 0.4) is 0 Å². The van der Waals surface area contributed by atoms with Gasteiger partial charge in [0.05, 0.1) is 24.1 Å². The number of rotatable bonds is 8. The molecule has 2 aliphatic rings. The second kappa shape index (κ2) is 9.73. The van der Waals surface area contributed by atoms with Crippen molar-refractivity contribution in [2.45, 2.75) is 38.9 Å². The van der Waals surface area contributed by atoms with Gasteiger partial charge in [0, 0.05) is 34.9 Å². The molecule has 0 unspecified atom stereocenters. The number of hydrogen-bond acceptors (Lipinski definition) is 8. The maximum Gasteiger partial charge on any atom is 0.330 e. The van der Waals surface area contributed by atoms with Crippen LogP contribution in [0.1, 0.15) is 37.6 Å². The van der Waals surface area contributed by atoms with Crippen LogP contribution in [0.5, 0.6) is 17.4 Å². The summed E-state index contributed by atoms with van der Waals surface area (Å²) in [4.78, 5) is 4.58. The number of aliphatic hydroxyl groups excluding tert-OH is 1. The maximum absolute atomic E-state index is 12.1. The Morgan fingerprint density at radius 2 is 1.89 bits per heavy atom. The molecule has 38 heavy (non-hydrogen) atoms. The second-order valence-electron chi connectivity index (χ2n) is 9.75. The number of nitrogens with one attached hydrogen (secondary N) is 1. The lowest BCUT2D eigenvalue weighted by Crippen LogP contribution is -2.29. The first-order valence-corrected chi connectivity index (χ1v) is 13.5. The van der Waals surface area contributed by atoms with E-state index in [-0.39, 0.29) is 6.10 Å². The average Bonchev–Trinajstić information content (AvgIpc) is 3.38. The lowest BCUT2D eigenvalue weighted by Gasteiger charge is -2.17. The molecule has 200 valence electrons. The molecule has 5 rings (SSSR count). The molecule has 11 heteroatoms. The number of nitrogens with zero attached hydrogens (tertiary/aromatic N) is 2. The molecule has 0 saturated heterocycles. The molecule has 0 aliphatic carbocycles. The molecule has 1 atom stereocenters. The van der Waals surface area contributed by atoms with E-state index in [1.165, 1.54) is 0 Å². The topological polar surface area (TPSA) is 130 Å². The third-order valence-electron chi connectivity index (χ3n) is 6.19. The zero-order chi connectivity index (χ0) is 27.1. The highest BCUT2D eigenvalue weighted by Gasteiger charge is 2.30. The van der Waals surface area contributed by atoms with Crippen LogP contribution >= 0.6 is 0 Å². The summed E-state index contributed by atoms with van der Waals surface area (Å²) < 4.78 is 45.1. The van der Waals surface area contributed by atoms with Gasteiger partial charge in [-0.25, -0.2) is 14.0 Å². The first-order valence-electron chi connectivity index (χ1n) is 12.1. The Bertz CT molecular complexity index is 1480. The van der Waals surface area contributed by atoms with E-state index in [1.54, 1.807) is 38.1 Å². The summed E-state index contributed by atoms with van der Waals surface area (Å²) in [5, 5.41) is 19.4. The summed E-state index contributed by atoms with van der Waals surface area (Å²) >= 11 is 0. The average molecular weight is 540 g/mol. The Labute approximate surface area is 221 Å². The molecule has 3 heterocycles. The molecule has 2 aromatic carbocycles. The molecular weight excluding hydrogens is 510 g/mol. The van der Waals surface area contributed by atoms with E-state index in [1.807, 2.05) is 42.0 Å². The third-order valence-corrected chi connectivity index (χ3v) is 7.49. The molecular formula is C27H29N3O7S. The highest BCUT2D eigenvalue weighted by atomic mass is 32.2. The van der Waals surface area contributed by atoms with Crippen LogP contribution in [0.25, 0.3) is 11.1 Å². The molecule has 3 N–H and O–H groups in total. The predicted molar refractivity (Wildman–Crippen MR) is 141 cm³/mol. The highest BCUT2D eigenvalue weighted by Crippen LogP contribution is 2.43. The minimum Gasteiger partial charge on any atom is -0.493 e. The van der Waals surface area contributed by atoms with Crippen molar-refractivity contribution in [2.24, 2.45) is 0 Å². The Hall–Kier alpha value is -3.96. The number of aromatic nitrogens is 1. The van der Waals surface area contributed by atoms with Gasteiger partial charge in [0.15, 0.2) is 6.10 Å². The number of aliphatic hydroxyl groups is 2. The van der Waals surface area contributed by atoms with Crippen LogP contribution in [0.2, 0.25) is 0 Å². The van der Waals surface area contributed by atoms with E-state index in [4.69, 9.17) is 14.2 Å². The molecule has 0 spiro atoms. The summed E-state index contributed by atoms with van der Waals surface area (Å²) in [5.74, 6) is 1.32. The van der Waals surface area contributed by atoms with Gasteiger partial charge < -0.3 is 24.4 Å². The normalized spacial score (nSPS) is 17.8. The van der Waals surface area contributed by atoms with Crippen molar-refractivity contribution in [1.29, 1.82) is 0 Å². The summed E-state index contributed by atoms with van der Waals surface area (Å²) in [6, 6.07) is 16.2. The fourth-order valence-corrected chi connectivity index (χ4v) is 5.33. The van der Waals surface area contributed by atoms with Crippen LogP contribution in [0.4, 0.5) is 5.69 Å². The van der Waals surface area contributed by atoms with Crippen molar-refractivity contribution >= 4 is 15.9 Å². The van der Waals surface area contributed by atoms with Crippen LogP contribution in [0, 0.1) is 6.92 Å². The highest BCUT2D eigenvalue weighted by molar-refractivity contribution is 7.91. The van der Waals surface area contributed by atoms with Crippen molar-refractivity contribution in [3.8, 4) is 28.5 Å². The van der Waals surface area contributed by atoms with E-state index in [9.17, 15) is 18.6 Å². The van der Waals surface area contributed by atoms with Crippen LogP contribution in [-0.4, -0.2) is 42.4 Å². The molecule has 3 aromatic rings. The second-order valence-corrected chi connectivity index (χ2v) is 11.3. The van der Waals surface area contributed by atoms with Gasteiger partial charge in [0.2, 0.25) is 11.8 Å². The summed E-state index contributed by atoms with van der Waals surface area (Å²) in [6.07, 6.45) is 1.24. The molecule has 0 radical (unpaired) electrons. The Kier molecular flexibility index (Phi) is 6.58. The molecule has 0 saturated carbocycles. The number of fused-ring (bicyclic) bond motifs is 1. The fourth-order valence-electron chi connectivity index (χ4n) is 4.27. The minimum absolute atomic E-state index is 0.319. The number of benzene rings is 2. The SMILES string of the molecule is Cc1nc(OCCC(C)(C)O)ccc1-c1cccc2c1OC[C@H]2Oc1ccc(N2C=C(O)NS2(=O)=O)cc1. The molecule has 1 aromatic heterocycles. The van der Waals surface area contributed by atoms with Crippen molar-refractivity contribution in [1.82, 2.24) is 9.71 Å². The Morgan fingerprint density at radius 3 is 2.55 bits per heavy atom. The minimum atomic E-state index is -3.86. The third kappa shape index (κ3) is 5.34. The Morgan fingerprint density at radius 1 is 1.13 bits per heavy atom. The predicted octanol–water partition coefficient (Wildman–Crippen LogP) is 4.12. The molecule has 0 fully saturated rings. The standard InChI is InChI=1S/C27H29N3O7S/c1-17-20(11-12-25(28-17)35-14-13-27(2,3)32)21-5-4-6-22-23(16-36-26(21)22)37-19-9-7-18(8-10-19)30-15-24(31)29-38(30,33)34/h4-12,15,23,29,31-32H,13-14,16H2,1-3H3/t23-/m1/s1. The smallest absolute Gasteiger partial charge is 0.330 e. The van der Waals surface area contributed by atoms with Crippen molar-refractivity contribution in [3.63, 3.8) is 0 Å². The fraction of sp³-hybridized carbons (Fsp3) is 0.296. The summed E-state index contributed by atoms with van der Waals surface area (Å²) in [6.45, 7) is 6.07. The van der Waals surface area contributed by atoms with E-state index in [0.717, 1.165) is 38.6 Å². The van der Waals surface area contributed by atoms with Crippen molar-refractivity contribution in [2.75, 3.05) is 17.5 Å². The van der Waals surface area contributed by atoms with Gasteiger partial charge in [0.25, 0.3) is 0 Å². The zero-order valence-electron chi connectivity index (χ0n) is 21.2. The lowest BCUT2D eigenvalue weighted by atomic mass is 9.99. The summed E-state index contributed by atoms with van der Waals surface area (Å²) in [7, 11) is -3.86. The first-order chi connectivity index (χ1) is 18.0. The van der Waals surface area contributed by atoms with Crippen LogP contribution in [0.15, 0.2) is 66.7 Å². The van der Waals surface area contributed by atoms with Gasteiger partial charge in [-0.2, -0.15) is 8.42 Å². The van der Waals surface area contributed by atoms with Gasteiger partial charge >= 0.3 is 10.2 Å². The van der Waals surface area contributed by atoms with Crippen molar-refractivity contribution in [3.05, 3.63) is 77.9 Å². The van der Waals surface area contributed by atoms with Gasteiger partial charge in [0.1, 0.15) is 18.1 Å². The first kappa shape index (κ1) is 25.7. The lowest BCUT2D eigenvalue weighted by molar-refractivity contribution is 0.0547. The largest absolute Gasteiger partial charge is 0.493 e. The van der Waals surface area contributed by atoms with E-state index >= 15 is 0 Å². The number of ether oxygens (including phenoxy) is 3. The molecule has 0 amide bonds. The Balaban J connectivity index is 1.31. The molecule has 0 bridgehead atoms. The van der Waals surface area contributed by atoms with Crippen LogP contribution < -0.4 is 23.2 Å². The van der Waals surface area contributed by atoms with E-state index < -0.39 is 21.7 Å². The zero-order valence-corrected chi connectivity index (χ0v) is 22.0. The molecule has 10 nitrogen and oxygen atoms in total.